The summed E-state index contributed by atoms with van der Waals surface area (Å²) in [7, 11) is 1.75. The van der Waals surface area contributed by atoms with E-state index in [0.717, 1.165) is 37.0 Å². The Labute approximate surface area is 138 Å². The summed E-state index contributed by atoms with van der Waals surface area (Å²) in [4.78, 5) is 2.42. The van der Waals surface area contributed by atoms with Crippen molar-refractivity contribution in [3.8, 4) is 0 Å². The highest BCUT2D eigenvalue weighted by Gasteiger charge is 2.15. The van der Waals surface area contributed by atoms with Gasteiger partial charge in [0.15, 0.2) is 0 Å². The van der Waals surface area contributed by atoms with Crippen LogP contribution in [0.5, 0.6) is 0 Å². The molecular formula is C17H29BrN2O. The highest BCUT2D eigenvalue weighted by molar-refractivity contribution is 9.10. The zero-order valence-corrected chi connectivity index (χ0v) is 15.3. The van der Waals surface area contributed by atoms with Crippen molar-refractivity contribution in [1.82, 2.24) is 0 Å². The Kier molecular flexibility index (Phi) is 8.30. The van der Waals surface area contributed by atoms with E-state index in [1.54, 1.807) is 7.11 Å². The Morgan fingerprint density at radius 1 is 1.33 bits per heavy atom. The fourth-order valence-corrected chi connectivity index (χ4v) is 2.81. The third-order valence-electron chi connectivity index (χ3n) is 3.54. The standard InChI is InChI=1S/C17H29BrN2O/c1-5-16(19)11-14-10-15(18)6-7-17(14)20(8-9-21-4)12-13(2)3/h6-7,10,13,16H,5,8-9,11-12,19H2,1-4H3. The second-order valence-electron chi connectivity index (χ2n) is 5.98. The van der Waals surface area contributed by atoms with Gasteiger partial charge in [0.1, 0.15) is 0 Å². The Bertz CT molecular complexity index is 423. The third kappa shape index (κ3) is 6.37. The Balaban J connectivity index is 3.03. The molecular weight excluding hydrogens is 328 g/mol. The molecule has 0 aromatic heterocycles. The van der Waals surface area contributed by atoms with Gasteiger partial charge >= 0.3 is 0 Å². The molecule has 0 saturated heterocycles. The van der Waals surface area contributed by atoms with E-state index in [4.69, 9.17) is 10.5 Å². The van der Waals surface area contributed by atoms with E-state index in [-0.39, 0.29) is 6.04 Å². The number of ether oxygens (including phenoxy) is 1. The highest BCUT2D eigenvalue weighted by atomic mass is 79.9. The summed E-state index contributed by atoms with van der Waals surface area (Å²) in [5.41, 5.74) is 8.77. The van der Waals surface area contributed by atoms with Gasteiger partial charge in [-0.3, -0.25) is 0 Å². The number of anilines is 1. The minimum absolute atomic E-state index is 0.210. The summed E-state index contributed by atoms with van der Waals surface area (Å²) < 4.78 is 6.38. The lowest BCUT2D eigenvalue weighted by atomic mass is 10.0. The molecule has 0 fully saturated rings. The molecule has 1 unspecified atom stereocenters. The summed E-state index contributed by atoms with van der Waals surface area (Å²) >= 11 is 3.58. The molecule has 120 valence electrons. The predicted octanol–water partition coefficient (Wildman–Crippen LogP) is 3.84. The van der Waals surface area contributed by atoms with Crippen molar-refractivity contribution in [3.63, 3.8) is 0 Å². The lowest BCUT2D eigenvalue weighted by Crippen LogP contribution is -2.32. The number of hydrogen-bond acceptors (Lipinski definition) is 3. The Morgan fingerprint density at radius 3 is 2.62 bits per heavy atom. The average Bonchev–Trinajstić information content (AvgIpc) is 2.43. The van der Waals surface area contributed by atoms with Crippen molar-refractivity contribution in [2.24, 2.45) is 11.7 Å². The third-order valence-corrected chi connectivity index (χ3v) is 4.03. The maximum Gasteiger partial charge on any atom is 0.0637 e. The molecule has 0 aliphatic carbocycles. The zero-order valence-electron chi connectivity index (χ0n) is 13.7. The topological polar surface area (TPSA) is 38.5 Å². The quantitative estimate of drug-likeness (QED) is 0.730. The largest absolute Gasteiger partial charge is 0.383 e. The summed E-state index contributed by atoms with van der Waals surface area (Å²) in [6, 6.07) is 6.71. The number of hydrogen-bond donors (Lipinski definition) is 1. The van der Waals surface area contributed by atoms with Crippen molar-refractivity contribution < 1.29 is 4.74 Å². The van der Waals surface area contributed by atoms with E-state index < -0.39 is 0 Å². The van der Waals surface area contributed by atoms with E-state index in [1.165, 1.54) is 11.3 Å². The van der Waals surface area contributed by atoms with Gasteiger partial charge < -0.3 is 15.4 Å². The Morgan fingerprint density at radius 2 is 2.05 bits per heavy atom. The van der Waals surface area contributed by atoms with Crippen LogP contribution in [-0.2, 0) is 11.2 Å². The predicted molar refractivity (Wildman–Crippen MR) is 95.0 cm³/mol. The summed E-state index contributed by atoms with van der Waals surface area (Å²) in [5.74, 6) is 0.609. The molecule has 1 aromatic rings. The van der Waals surface area contributed by atoms with Crippen LogP contribution in [0.3, 0.4) is 0 Å². The molecule has 21 heavy (non-hydrogen) atoms. The molecule has 0 aliphatic heterocycles. The lowest BCUT2D eigenvalue weighted by molar-refractivity contribution is 0.204. The van der Waals surface area contributed by atoms with Crippen LogP contribution in [0, 0.1) is 5.92 Å². The van der Waals surface area contributed by atoms with E-state index in [1.807, 2.05) is 0 Å². The fraction of sp³-hybridized carbons (Fsp3) is 0.647. The smallest absolute Gasteiger partial charge is 0.0637 e. The van der Waals surface area contributed by atoms with E-state index in [2.05, 4.69) is 59.8 Å². The minimum Gasteiger partial charge on any atom is -0.383 e. The summed E-state index contributed by atoms with van der Waals surface area (Å²) in [6.07, 6.45) is 1.90. The second-order valence-corrected chi connectivity index (χ2v) is 6.89. The van der Waals surface area contributed by atoms with Gasteiger partial charge in [0.25, 0.3) is 0 Å². The van der Waals surface area contributed by atoms with Crippen molar-refractivity contribution in [2.75, 3.05) is 31.7 Å². The van der Waals surface area contributed by atoms with Gasteiger partial charge in [0.05, 0.1) is 6.61 Å². The van der Waals surface area contributed by atoms with Gasteiger partial charge in [-0.1, -0.05) is 36.7 Å². The molecule has 2 N–H and O–H groups in total. The van der Waals surface area contributed by atoms with E-state index in [9.17, 15) is 0 Å². The molecule has 0 bridgehead atoms. The summed E-state index contributed by atoms with van der Waals surface area (Å²) in [5, 5.41) is 0. The number of nitrogens with zero attached hydrogens (tertiary/aromatic N) is 1. The molecule has 3 nitrogen and oxygen atoms in total. The number of methoxy groups -OCH3 is 1. The van der Waals surface area contributed by atoms with Crippen molar-refractivity contribution in [1.29, 1.82) is 0 Å². The number of halogens is 1. The summed E-state index contributed by atoms with van der Waals surface area (Å²) in [6.45, 7) is 9.30. The van der Waals surface area contributed by atoms with Crippen LogP contribution in [0.2, 0.25) is 0 Å². The molecule has 0 aliphatic rings. The van der Waals surface area contributed by atoms with Gasteiger partial charge in [0.2, 0.25) is 0 Å². The van der Waals surface area contributed by atoms with Crippen LogP contribution < -0.4 is 10.6 Å². The average molecular weight is 357 g/mol. The number of nitrogens with two attached hydrogens (primary N) is 1. The van der Waals surface area contributed by atoms with Crippen molar-refractivity contribution >= 4 is 21.6 Å². The van der Waals surface area contributed by atoms with Gasteiger partial charge in [-0.25, -0.2) is 0 Å². The minimum atomic E-state index is 0.210. The van der Waals surface area contributed by atoms with Gasteiger partial charge in [-0.05, 0) is 42.5 Å². The molecule has 0 saturated carbocycles. The fourth-order valence-electron chi connectivity index (χ4n) is 2.41. The molecule has 0 radical (unpaired) electrons. The van der Waals surface area contributed by atoms with Crippen LogP contribution in [0.25, 0.3) is 0 Å². The first-order valence-electron chi connectivity index (χ1n) is 7.75. The van der Waals surface area contributed by atoms with Crippen molar-refractivity contribution in [3.05, 3.63) is 28.2 Å². The SMILES string of the molecule is CCC(N)Cc1cc(Br)ccc1N(CCOC)CC(C)C. The molecule has 0 amide bonds. The molecule has 1 atom stereocenters. The second kappa shape index (κ2) is 9.44. The number of benzene rings is 1. The normalized spacial score (nSPS) is 12.7. The maximum absolute atomic E-state index is 6.17. The van der Waals surface area contributed by atoms with Crippen LogP contribution >= 0.6 is 15.9 Å². The van der Waals surface area contributed by atoms with Gasteiger partial charge in [-0.15, -0.1) is 0 Å². The van der Waals surface area contributed by atoms with Gasteiger partial charge in [-0.2, -0.15) is 0 Å². The Hall–Kier alpha value is -0.580. The van der Waals surface area contributed by atoms with Crippen LogP contribution in [0.15, 0.2) is 22.7 Å². The maximum atomic E-state index is 6.17. The first kappa shape index (κ1) is 18.5. The molecule has 0 heterocycles. The lowest BCUT2D eigenvalue weighted by Gasteiger charge is -2.29. The molecule has 4 heteroatoms. The first-order valence-corrected chi connectivity index (χ1v) is 8.55. The monoisotopic (exact) mass is 356 g/mol. The van der Waals surface area contributed by atoms with Gasteiger partial charge in [0, 0.05) is 36.4 Å². The first-order chi connectivity index (χ1) is 9.97. The molecule has 1 aromatic carbocycles. The zero-order chi connectivity index (χ0) is 15.8. The number of rotatable bonds is 9. The van der Waals surface area contributed by atoms with E-state index >= 15 is 0 Å². The highest BCUT2D eigenvalue weighted by Crippen LogP contribution is 2.27. The van der Waals surface area contributed by atoms with Crippen LogP contribution in [-0.4, -0.2) is 32.8 Å². The molecule has 1 rings (SSSR count). The van der Waals surface area contributed by atoms with E-state index in [0.29, 0.717) is 5.92 Å². The van der Waals surface area contributed by atoms with Crippen LogP contribution in [0.1, 0.15) is 32.8 Å². The van der Waals surface area contributed by atoms with Crippen LogP contribution in [0.4, 0.5) is 5.69 Å². The van der Waals surface area contributed by atoms with Crippen molar-refractivity contribution in [2.45, 2.75) is 39.7 Å². The molecule has 0 spiro atoms.